The third-order valence-electron chi connectivity index (χ3n) is 7.19. The van der Waals surface area contributed by atoms with Gasteiger partial charge in [0, 0.05) is 15.8 Å². The van der Waals surface area contributed by atoms with Crippen LogP contribution < -0.4 is 11.1 Å². The number of rotatable bonds is 5. The number of nitrogens with two attached hydrogens (primary N) is 1. The maximum atomic E-state index is 13.7. The van der Waals surface area contributed by atoms with Crippen LogP contribution in [0.2, 0.25) is 0 Å². The number of hydrogen-bond donors (Lipinski definition) is 2. The minimum absolute atomic E-state index is 0.354. The highest BCUT2D eigenvalue weighted by Crippen LogP contribution is 2.43. The highest BCUT2D eigenvalue weighted by atomic mass is 32.1. The molecule has 0 fully saturated rings. The molecule has 0 aliphatic heterocycles. The molecule has 6 rings (SSSR count). The average Bonchev–Trinajstić information content (AvgIpc) is 3.49. The number of thiophene rings is 2. The van der Waals surface area contributed by atoms with Gasteiger partial charge in [-0.05, 0) is 47.9 Å². The van der Waals surface area contributed by atoms with Crippen LogP contribution in [0.15, 0.2) is 66.7 Å². The van der Waals surface area contributed by atoms with Crippen molar-refractivity contribution in [2.24, 2.45) is 5.92 Å². The second-order valence-electron chi connectivity index (χ2n) is 9.81. The number of pyridine rings is 1. The summed E-state index contributed by atoms with van der Waals surface area (Å²) in [6.45, 7) is 2.21. The first-order valence-corrected chi connectivity index (χ1v) is 14.5. The van der Waals surface area contributed by atoms with Crippen LogP contribution in [0, 0.1) is 5.92 Å². The lowest BCUT2D eigenvalue weighted by molar-refractivity contribution is 0.0601. The fourth-order valence-electron chi connectivity index (χ4n) is 5.21. The van der Waals surface area contributed by atoms with Gasteiger partial charge in [-0.2, -0.15) is 0 Å². The van der Waals surface area contributed by atoms with Gasteiger partial charge in [0.05, 0.1) is 24.1 Å². The fraction of sp³-hybridized carbons (Fsp3) is 0.194. The van der Waals surface area contributed by atoms with Gasteiger partial charge in [-0.1, -0.05) is 67.6 Å². The number of nitrogen functional groups attached to an aromatic ring is 1. The lowest BCUT2D eigenvalue weighted by Crippen LogP contribution is -2.16. The summed E-state index contributed by atoms with van der Waals surface area (Å²) >= 11 is 2.72. The maximum absolute atomic E-state index is 13.7. The van der Waals surface area contributed by atoms with E-state index in [2.05, 4.69) is 12.2 Å². The average molecular weight is 554 g/mol. The Morgan fingerprint density at radius 1 is 1.03 bits per heavy atom. The molecule has 1 unspecified atom stereocenters. The van der Waals surface area contributed by atoms with Gasteiger partial charge in [-0.25, -0.2) is 9.78 Å². The lowest BCUT2D eigenvalue weighted by atomic mass is 9.88. The molecule has 39 heavy (non-hydrogen) atoms. The Kier molecular flexibility index (Phi) is 6.66. The van der Waals surface area contributed by atoms with Crippen LogP contribution in [0.3, 0.4) is 0 Å². The highest BCUT2D eigenvalue weighted by Gasteiger charge is 2.30. The number of nitrogens with one attached hydrogen (secondary N) is 1. The van der Waals surface area contributed by atoms with Gasteiger partial charge in [0.1, 0.15) is 14.7 Å². The van der Waals surface area contributed by atoms with Gasteiger partial charge in [-0.15, -0.1) is 22.7 Å². The standard InChI is InChI=1S/C31H27N3O3S2/c1-17-13-14-20-23(15-17)38-30(25(20)31(36)37-2)34-28(35)27-26(32)24-21(18-9-5-3-6-10-18)16-22(33-29(24)39-27)19-11-7-4-8-12-19/h3-12,16-17H,13-15,32H2,1-2H3,(H,34,35). The third kappa shape index (κ3) is 4.60. The second-order valence-corrected chi connectivity index (χ2v) is 11.9. The molecule has 3 heterocycles. The van der Waals surface area contributed by atoms with Crippen LogP contribution >= 0.6 is 22.7 Å². The Morgan fingerprint density at radius 3 is 2.41 bits per heavy atom. The summed E-state index contributed by atoms with van der Waals surface area (Å²) in [6.07, 6.45) is 2.69. The van der Waals surface area contributed by atoms with Crippen molar-refractivity contribution in [1.82, 2.24) is 4.98 Å². The largest absolute Gasteiger partial charge is 0.465 e. The Balaban J connectivity index is 1.46. The summed E-state index contributed by atoms with van der Waals surface area (Å²) in [6, 6.07) is 22.0. The van der Waals surface area contributed by atoms with E-state index in [9.17, 15) is 9.59 Å². The molecule has 8 heteroatoms. The number of benzene rings is 2. The molecule has 0 radical (unpaired) electrons. The number of carbonyl (C=O) groups excluding carboxylic acids is 2. The molecule has 1 atom stereocenters. The molecular weight excluding hydrogens is 526 g/mol. The molecule has 0 bridgehead atoms. The number of amides is 1. The van der Waals surface area contributed by atoms with Crippen molar-refractivity contribution in [1.29, 1.82) is 0 Å². The first-order chi connectivity index (χ1) is 18.9. The van der Waals surface area contributed by atoms with Crippen LogP contribution in [0.4, 0.5) is 10.7 Å². The fourth-order valence-corrected chi connectivity index (χ4v) is 7.62. The molecule has 196 valence electrons. The Bertz CT molecular complexity index is 1710. The molecule has 3 aromatic heterocycles. The van der Waals surface area contributed by atoms with E-state index in [0.717, 1.165) is 57.5 Å². The number of anilines is 2. The van der Waals surface area contributed by atoms with E-state index in [4.69, 9.17) is 15.5 Å². The van der Waals surface area contributed by atoms with E-state index >= 15 is 0 Å². The molecule has 0 saturated heterocycles. The topological polar surface area (TPSA) is 94.3 Å². The summed E-state index contributed by atoms with van der Waals surface area (Å²) in [5, 5.41) is 4.27. The summed E-state index contributed by atoms with van der Waals surface area (Å²) in [5.41, 5.74) is 12.2. The van der Waals surface area contributed by atoms with Crippen molar-refractivity contribution < 1.29 is 14.3 Å². The Hall–Kier alpha value is -4.01. The zero-order chi connectivity index (χ0) is 27.1. The van der Waals surface area contributed by atoms with Crippen molar-refractivity contribution in [3.8, 4) is 22.4 Å². The van der Waals surface area contributed by atoms with Gasteiger partial charge in [0.15, 0.2) is 0 Å². The zero-order valence-corrected chi connectivity index (χ0v) is 23.2. The number of ether oxygens (including phenoxy) is 1. The van der Waals surface area contributed by atoms with E-state index in [1.807, 2.05) is 66.7 Å². The zero-order valence-electron chi connectivity index (χ0n) is 21.6. The molecule has 1 aliphatic rings. The molecule has 1 amide bonds. The number of methoxy groups -OCH3 is 1. The normalized spacial score (nSPS) is 14.7. The van der Waals surface area contributed by atoms with Crippen LogP contribution in [0.25, 0.3) is 32.6 Å². The Morgan fingerprint density at radius 2 is 1.72 bits per heavy atom. The van der Waals surface area contributed by atoms with Crippen molar-refractivity contribution in [2.45, 2.75) is 26.2 Å². The minimum atomic E-state index is -0.429. The first-order valence-electron chi connectivity index (χ1n) is 12.8. The number of esters is 1. The minimum Gasteiger partial charge on any atom is -0.465 e. The number of carbonyl (C=O) groups is 2. The summed E-state index contributed by atoms with van der Waals surface area (Å²) in [7, 11) is 1.37. The van der Waals surface area contributed by atoms with E-state index in [-0.39, 0.29) is 5.91 Å². The van der Waals surface area contributed by atoms with Crippen LogP contribution in [-0.2, 0) is 17.6 Å². The number of nitrogens with zero attached hydrogens (tertiary/aromatic N) is 1. The van der Waals surface area contributed by atoms with E-state index in [0.29, 0.717) is 31.9 Å². The number of hydrogen-bond acceptors (Lipinski definition) is 7. The second kappa shape index (κ2) is 10.3. The monoisotopic (exact) mass is 553 g/mol. The quantitative estimate of drug-likeness (QED) is 0.221. The van der Waals surface area contributed by atoms with Gasteiger partial charge in [0.2, 0.25) is 0 Å². The smallest absolute Gasteiger partial charge is 0.341 e. The summed E-state index contributed by atoms with van der Waals surface area (Å²) in [4.78, 5) is 33.5. The highest BCUT2D eigenvalue weighted by molar-refractivity contribution is 7.21. The Labute approximate surface area is 234 Å². The van der Waals surface area contributed by atoms with Crippen LogP contribution in [0.1, 0.15) is 43.8 Å². The van der Waals surface area contributed by atoms with Gasteiger partial charge in [-0.3, -0.25) is 4.79 Å². The van der Waals surface area contributed by atoms with Crippen molar-refractivity contribution in [3.05, 3.63) is 87.6 Å². The van der Waals surface area contributed by atoms with Crippen LogP contribution in [0.5, 0.6) is 0 Å². The molecule has 2 aromatic carbocycles. The lowest BCUT2D eigenvalue weighted by Gasteiger charge is -2.18. The SMILES string of the molecule is COC(=O)c1c(NC(=O)c2sc3nc(-c4ccccc4)cc(-c4ccccc4)c3c2N)sc2c1CCC(C)C2. The predicted octanol–water partition coefficient (Wildman–Crippen LogP) is 7.44. The van der Waals surface area contributed by atoms with Crippen LogP contribution in [-0.4, -0.2) is 24.0 Å². The first kappa shape index (κ1) is 25.3. The molecule has 1 aliphatic carbocycles. The van der Waals surface area contributed by atoms with Crippen molar-refractivity contribution >= 4 is 55.5 Å². The summed E-state index contributed by atoms with van der Waals surface area (Å²) in [5.74, 6) is -0.250. The molecular formula is C31H27N3O3S2. The van der Waals surface area contributed by atoms with Crippen molar-refractivity contribution in [2.75, 3.05) is 18.2 Å². The molecule has 0 saturated carbocycles. The van der Waals surface area contributed by atoms with Gasteiger partial charge < -0.3 is 15.8 Å². The molecule has 5 aromatic rings. The van der Waals surface area contributed by atoms with E-state index in [1.54, 1.807) is 0 Å². The molecule has 0 spiro atoms. The number of fused-ring (bicyclic) bond motifs is 2. The van der Waals surface area contributed by atoms with Gasteiger partial charge >= 0.3 is 5.97 Å². The van der Waals surface area contributed by atoms with E-state index in [1.165, 1.54) is 29.8 Å². The number of aromatic nitrogens is 1. The van der Waals surface area contributed by atoms with Gasteiger partial charge in [0.25, 0.3) is 5.91 Å². The maximum Gasteiger partial charge on any atom is 0.341 e. The molecule has 6 nitrogen and oxygen atoms in total. The van der Waals surface area contributed by atoms with E-state index < -0.39 is 5.97 Å². The molecule has 3 N–H and O–H groups in total. The predicted molar refractivity (Wildman–Crippen MR) is 160 cm³/mol. The summed E-state index contributed by atoms with van der Waals surface area (Å²) < 4.78 is 5.09. The van der Waals surface area contributed by atoms with Crippen molar-refractivity contribution in [3.63, 3.8) is 0 Å². The third-order valence-corrected chi connectivity index (χ3v) is 9.46.